The van der Waals surface area contributed by atoms with E-state index in [1.165, 1.54) is 36.0 Å². The van der Waals surface area contributed by atoms with Crippen molar-refractivity contribution in [3.05, 3.63) is 29.8 Å². The predicted molar refractivity (Wildman–Crippen MR) is 295 cm³/mol. The Kier molecular flexibility index (Phi) is 33.0. The number of aliphatic carboxylic acids is 4. The van der Waals surface area contributed by atoms with E-state index < -0.39 is 201 Å². The highest BCUT2D eigenvalue weighted by Crippen LogP contribution is 2.13. The first kappa shape index (κ1) is 72.7. The maximum Gasteiger partial charge on any atom is 0.305 e. The fourth-order valence-electron chi connectivity index (χ4n) is 7.25. The van der Waals surface area contributed by atoms with Crippen molar-refractivity contribution < 1.29 is 97.5 Å². The van der Waals surface area contributed by atoms with E-state index in [2.05, 4.69) is 65.8 Å². The van der Waals surface area contributed by atoms with Gasteiger partial charge in [-0.25, -0.2) is 0 Å². The number of aromatic hydroxyl groups is 1. The van der Waals surface area contributed by atoms with Crippen LogP contribution in [0.5, 0.6) is 5.75 Å². The number of nitrogens with one attached hydrogen (secondary N) is 10. The average molecular weight is 1220 g/mol. The number of phenols is 1. The van der Waals surface area contributed by atoms with Crippen LogP contribution in [0, 0.1) is 5.92 Å². The number of thiol groups is 1. The van der Waals surface area contributed by atoms with Crippen molar-refractivity contribution in [1.82, 2.24) is 53.2 Å². The standard InChI is InChI=1S/C49H74N12O20S2/c1-23(2)17-27(50)43(75)58-30(10-13-38(67)68)46(78)59-31(11-14-39(69)70)47(79)61-33(19-40(71)72)48(80)54-24(3)42(74)52-20-35(63)55-29(9-12-37(65)66)45(77)60-32(18-25-5-7-26(62)8-6-25)44(76)53-21-36(64)56-34(22-82)49(81)57-28(41(51)73)15-16-83-4/h5-8,23-24,27-34,62,82H,9-22,50H2,1-4H3,(H2,51,73)(H,52,74)(H,53,76)(H,54,80)(H,55,63)(H,56,64)(H,57,81)(H,58,75)(H,59,78)(H,60,77)(H,61,79)(H,65,66)(H,67,68)(H,69,70)(H,71,72)/t24-,27-,28-,29-,30-,31-,32-,33-,34-/m0/s1. The zero-order valence-corrected chi connectivity index (χ0v) is 47.6. The molecule has 0 bridgehead atoms. The lowest BCUT2D eigenvalue weighted by Crippen LogP contribution is -2.59. The van der Waals surface area contributed by atoms with Crippen molar-refractivity contribution in [3.63, 3.8) is 0 Å². The molecule has 0 radical (unpaired) electrons. The first-order valence-electron chi connectivity index (χ1n) is 25.6. The van der Waals surface area contributed by atoms with Gasteiger partial charge in [-0.3, -0.25) is 71.9 Å². The fourth-order valence-corrected chi connectivity index (χ4v) is 7.98. The molecule has 1 aromatic rings. The van der Waals surface area contributed by atoms with E-state index >= 15 is 0 Å². The zero-order valence-electron chi connectivity index (χ0n) is 45.9. The highest BCUT2D eigenvalue weighted by atomic mass is 32.2. The van der Waals surface area contributed by atoms with Gasteiger partial charge < -0.3 is 90.2 Å². The molecule has 0 saturated heterocycles. The van der Waals surface area contributed by atoms with Crippen LogP contribution in [0.25, 0.3) is 0 Å². The van der Waals surface area contributed by atoms with Crippen LogP contribution >= 0.6 is 24.4 Å². The zero-order chi connectivity index (χ0) is 63.1. The summed E-state index contributed by atoms with van der Waals surface area (Å²) in [4.78, 5) is 191. The summed E-state index contributed by atoms with van der Waals surface area (Å²) in [5.41, 5.74) is 11.7. The van der Waals surface area contributed by atoms with E-state index in [1.54, 1.807) is 20.1 Å². The quantitative estimate of drug-likeness (QED) is 0.0273. The molecule has 32 nitrogen and oxygen atoms in total. The normalized spacial score (nSPS) is 14.1. The molecule has 1 rings (SSSR count). The summed E-state index contributed by atoms with van der Waals surface area (Å²) in [5.74, 6) is -17.4. The molecule has 0 fully saturated rings. The van der Waals surface area contributed by atoms with Gasteiger partial charge >= 0.3 is 23.9 Å². The molecule has 0 aliphatic rings. The van der Waals surface area contributed by atoms with Crippen LogP contribution in [-0.4, -0.2) is 200 Å². The summed E-state index contributed by atoms with van der Waals surface area (Å²) in [7, 11) is 0. The van der Waals surface area contributed by atoms with Crippen molar-refractivity contribution in [2.24, 2.45) is 17.4 Å². The van der Waals surface area contributed by atoms with Gasteiger partial charge in [0.25, 0.3) is 0 Å². The number of carboxylic acid groups (broad SMARTS) is 4. The Bertz CT molecular complexity index is 2490. The third kappa shape index (κ3) is 29.9. The van der Waals surface area contributed by atoms with Crippen molar-refractivity contribution in [2.45, 2.75) is 139 Å². The third-order valence-electron chi connectivity index (χ3n) is 11.6. The number of rotatable bonds is 40. The van der Waals surface area contributed by atoms with Gasteiger partial charge in [-0.2, -0.15) is 24.4 Å². The van der Waals surface area contributed by atoms with E-state index in [9.17, 15) is 97.5 Å². The highest BCUT2D eigenvalue weighted by molar-refractivity contribution is 7.98. The molecule has 0 saturated carbocycles. The lowest BCUT2D eigenvalue weighted by atomic mass is 10.0. The summed E-state index contributed by atoms with van der Waals surface area (Å²) in [6, 6.07) is -8.52. The fraction of sp³-hybridized carbons (Fsp3) is 0.571. The van der Waals surface area contributed by atoms with Crippen molar-refractivity contribution in [3.8, 4) is 5.75 Å². The molecule has 0 aliphatic carbocycles. The molecule has 0 spiro atoms. The highest BCUT2D eigenvalue weighted by Gasteiger charge is 2.34. The van der Waals surface area contributed by atoms with Gasteiger partial charge in [0.15, 0.2) is 0 Å². The lowest BCUT2D eigenvalue weighted by molar-refractivity contribution is -0.142. The Balaban J connectivity index is 3.23. The molecule has 34 heteroatoms. The first-order chi connectivity index (χ1) is 38.9. The molecule has 0 aromatic heterocycles. The second-order valence-corrected chi connectivity index (χ2v) is 20.4. The number of amides is 11. The number of nitrogens with two attached hydrogens (primary N) is 2. The predicted octanol–water partition coefficient (Wildman–Crippen LogP) is -5.32. The molecule has 11 amide bonds. The topological polar surface area (TPSA) is 530 Å². The molecule has 0 heterocycles. The summed E-state index contributed by atoms with van der Waals surface area (Å²) >= 11 is 5.48. The average Bonchev–Trinajstić information content (AvgIpc) is 3.42. The number of carbonyl (C=O) groups excluding carboxylic acids is 11. The molecule has 462 valence electrons. The van der Waals surface area contributed by atoms with Crippen molar-refractivity contribution in [1.29, 1.82) is 0 Å². The summed E-state index contributed by atoms with van der Waals surface area (Å²) in [6.07, 6.45) is -3.24. The molecule has 83 heavy (non-hydrogen) atoms. The van der Waals surface area contributed by atoms with Gasteiger partial charge in [0.05, 0.1) is 25.6 Å². The third-order valence-corrected chi connectivity index (χ3v) is 12.7. The number of benzene rings is 1. The largest absolute Gasteiger partial charge is 0.508 e. The minimum absolute atomic E-state index is 0.0653. The molecule has 19 N–H and O–H groups in total. The summed E-state index contributed by atoms with van der Waals surface area (Å²) < 4.78 is 0. The number of hydrogen-bond donors (Lipinski definition) is 18. The number of thioether (sulfide) groups is 1. The lowest BCUT2D eigenvalue weighted by Gasteiger charge is -2.26. The van der Waals surface area contributed by atoms with Gasteiger partial charge in [-0.05, 0) is 74.7 Å². The molecule has 1 aromatic carbocycles. The van der Waals surface area contributed by atoms with Gasteiger partial charge in [0.2, 0.25) is 65.0 Å². The second-order valence-electron chi connectivity index (χ2n) is 19.1. The van der Waals surface area contributed by atoms with Crippen LogP contribution in [0.3, 0.4) is 0 Å². The number of carboxylic acids is 4. The Hall–Kier alpha value is -8.27. The van der Waals surface area contributed by atoms with E-state index in [0.717, 1.165) is 6.92 Å². The van der Waals surface area contributed by atoms with Crippen LogP contribution in [0.1, 0.15) is 84.1 Å². The number of primary amides is 1. The van der Waals surface area contributed by atoms with Crippen LogP contribution in [-0.2, 0) is 78.3 Å². The van der Waals surface area contributed by atoms with Crippen LogP contribution in [0.4, 0.5) is 0 Å². The Morgan fingerprint density at radius 2 is 0.916 bits per heavy atom. The van der Waals surface area contributed by atoms with Gasteiger partial charge in [0, 0.05) is 31.4 Å². The number of phenolic OH excluding ortho intramolecular Hbond substituents is 1. The van der Waals surface area contributed by atoms with E-state index in [1.807, 2.05) is 0 Å². The van der Waals surface area contributed by atoms with Crippen molar-refractivity contribution >= 4 is 113 Å². The minimum atomic E-state index is -2.02. The number of hydrogen-bond acceptors (Lipinski definition) is 19. The maximum absolute atomic E-state index is 13.8. The Labute approximate surface area is 485 Å². The van der Waals surface area contributed by atoms with E-state index in [4.69, 9.17) is 11.5 Å². The second kappa shape index (κ2) is 37.7. The van der Waals surface area contributed by atoms with E-state index in [0.29, 0.717) is 11.3 Å². The Morgan fingerprint density at radius 1 is 0.506 bits per heavy atom. The van der Waals surface area contributed by atoms with Gasteiger partial charge in [-0.15, -0.1) is 0 Å². The van der Waals surface area contributed by atoms with Gasteiger partial charge in [0.1, 0.15) is 54.1 Å². The molecule has 9 atom stereocenters. The smallest absolute Gasteiger partial charge is 0.305 e. The van der Waals surface area contributed by atoms with Gasteiger partial charge in [-0.1, -0.05) is 26.0 Å². The first-order valence-corrected chi connectivity index (χ1v) is 27.7. The summed E-state index contributed by atoms with van der Waals surface area (Å²) in [6.45, 7) is 2.86. The maximum atomic E-state index is 13.8. The van der Waals surface area contributed by atoms with Crippen LogP contribution < -0.4 is 64.6 Å². The molecular weight excluding hydrogens is 1140 g/mol. The van der Waals surface area contributed by atoms with Crippen LogP contribution in [0.15, 0.2) is 24.3 Å². The SMILES string of the molecule is CSCC[C@H](NC(=O)[C@H](CS)NC(=O)CNC(=O)[C@H](Cc1ccc(O)cc1)NC(=O)[C@H](CCC(=O)O)NC(=O)CNC(=O)[C@H](C)NC(=O)[C@H](CC(=O)O)NC(=O)[C@H](CCC(=O)O)NC(=O)[C@H](CCC(=O)O)NC(=O)[C@@H](N)CC(C)C)C(N)=O. The monoisotopic (exact) mass is 1210 g/mol. The van der Waals surface area contributed by atoms with E-state index in [-0.39, 0.29) is 36.7 Å². The Morgan fingerprint density at radius 3 is 1.36 bits per heavy atom. The van der Waals surface area contributed by atoms with Crippen LogP contribution in [0.2, 0.25) is 0 Å². The molecular formula is C49H74N12O20S2. The molecule has 0 aliphatic heterocycles. The van der Waals surface area contributed by atoms with Crippen molar-refractivity contribution in [2.75, 3.05) is 30.9 Å². The number of carbonyl (C=O) groups is 15. The summed E-state index contributed by atoms with van der Waals surface area (Å²) in [5, 5.41) is 70.0. The minimum Gasteiger partial charge on any atom is -0.508 e. The molecule has 0 unspecified atom stereocenters.